The Kier molecular flexibility index (Phi) is 3.43. The van der Waals surface area contributed by atoms with Crippen molar-refractivity contribution in [1.29, 1.82) is 0 Å². The number of nitrogens with zero attached hydrogens (tertiary/aromatic N) is 4. The van der Waals surface area contributed by atoms with Gasteiger partial charge in [-0.2, -0.15) is 18.2 Å². The normalized spacial score (nSPS) is 19.9. The molecule has 2 aliphatic heterocycles. The second kappa shape index (κ2) is 5.10. The summed E-state index contributed by atoms with van der Waals surface area (Å²) < 4.78 is 39.0. The van der Waals surface area contributed by atoms with Crippen LogP contribution in [0.5, 0.6) is 0 Å². The summed E-state index contributed by atoms with van der Waals surface area (Å²) in [4.78, 5) is 11.8. The SMILES string of the molecule is FC(F)(F)c1cc(N2CCCC2)nc(N2CCCC2)n1. The lowest BCUT2D eigenvalue weighted by atomic mass is 10.3. The predicted molar refractivity (Wildman–Crippen MR) is 69.9 cm³/mol. The van der Waals surface area contributed by atoms with Crippen molar-refractivity contribution in [2.75, 3.05) is 36.0 Å². The fourth-order valence-electron chi connectivity index (χ4n) is 2.73. The van der Waals surface area contributed by atoms with Crippen LogP contribution in [-0.4, -0.2) is 36.1 Å². The summed E-state index contributed by atoms with van der Waals surface area (Å²) in [6.07, 6.45) is -0.446. The molecule has 2 fully saturated rings. The van der Waals surface area contributed by atoms with Crippen molar-refractivity contribution in [1.82, 2.24) is 9.97 Å². The molecule has 0 unspecified atom stereocenters. The summed E-state index contributed by atoms with van der Waals surface area (Å²) in [5.74, 6) is 0.631. The Morgan fingerprint density at radius 3 is 1.95 bits per heavy atom. The maximum absolute atomic E-state index is 13.0. The zero-order valence-electron chi connectivity index (χ0n) is 11.2. The molecule has 1 aromatic rings. The van der Waals surface area contributed by atoms with Gasteiger partial charge in [0.1, 0.15) is 5.82 Å². The molecule has 7 heteroatoms. The monoisotopic (exact) mass is 286 g/mol. The van der Waals surface area contributed by atoms with Gasteiger partial charge in [-0.25, -0.2) is 4.98 Å². The highest BCUT2D eigenvalue weighted by atomic mass is 19.4. The van der Waals surface area contributed by atoms with Crippen LogP contribution in [0.25, 0.3) is 0 Å². The predicted octanol–water partition coefficient (Wildman–Crippen LogP) is 2.70. The van der Waals surface area contributed by atoms with E-state index >= 15 is 0 Å². The van der Waals surface area contributed by atoms with Gasteiger partial charge in [0.05, 0.1) is 0 Å². The molecule has 0 N–H and O–H groups in total. The number of rotatable bonds is 2. The van der Waals surface area contributed by atoms with Crippen LogP contribution in [0.15, 0.2) is 6.07 Å². The molecule has 0 spiro atoms. The van der Waals surface area contributed by atoms with Crippen molar-refractivity contribution in [3.63, 3.8) is 0 Å². The van der Waals surface area contributed by atoms with Crippen LogP contribution in [-0.2, 0) is 6.18 Å². The zero-order valence-corrected chi connectivity index (χ0v) is 11.2. The molecule has 4 nitrogen and oxygen atoms in total. The van der Waals surface area contributed by atoms with Crippen molar-refractivity contribution in [3.8, 4) is 0 Å². The third kappa shape index (κ3) is 2.66. The number of halogens is 3. The lowest BCUT2D eigenvalue weighted by Gasteiger charge is -2.22. The Morgan fingerprint density at radius 2 is 1.40 bits per heavy atom. The molecule has 2 saturated heterocycles. The lowest BCUT2D eigenvalue weighted by Crippen LogP contribution is -2.26. The molecule has 2 aliphatic rings. The molecule has 110 valence electrons. The van der Waals surface area contributed by atoms with Gasteiger partial charge in [-0.15, -0.1) is 0 Å². The maximum atomic E-state index is 13.0. The molecule has 0 radical (unpaired) electrons. The molecule has 0 aliphatic carbocycles. The molecule has 0 bridgehead atoms. The van der Waals surface area contributed by atoms with Gasteiger partial charge in [-0.3, -0.25) is 0 Å². The van der Waals surface area contributed by atoms with Gasteiger partial charge >= 0.3 is 6.18 Å². The standard InChI is InChI=1S/C13H17F3N4/c14-13(15,16)10-9-11(19-5-1-2-6-19)18-12(17-10)20-7-3-4-8-20/h9H,1-8H2. The van der Waals surface area contributed by atoms with Crippen LogP contribution in [0.2, 0.25) is 0 Å². The third-order valence-electron chi connectivity index (χ3n) is 3.81. The van der Waals surface area contributed by atoms with Crippen molar-refractivity contribution < 1.29 is 13.2 Å². The number of aromatic nitrogens is 2. The summed E-state index contributed by atoms with van der Waals surface area (Å²) in [7, 11) is 0. The van der Waals surface area contributed by atoms with E-state index in [2.05, 4.69) is 9.97 Å². The van der Waals surface area contributed by atoms with Crippen LogP contribution in [0.4, 0.5) is 24.9 Å². The van der Waals surface area contributed by atoms with E-state index in [-0.39, 0.29) is 5.95 Å². The largest absolute Gasteiger partial charge is 0.433 e. The molecular weight excluding hydrogens is 269 g/mol. The van der Waals surface area contributed by atoms with E-state index in [0.717, 1.165) is 57.9 Å². The highest BCUT2D eigenvalue weighted by Crippen LogP contribution is 2.32. The average molecular weight is 286 g/mol. The number of hydrogen-bond acceptors (Lipinski definition) is 4. The van der Waals surface area contributed by atoms with Gasteiger partial charge in [-0.1, -0.05) is 0 Å². The first kappa shape index (κ1) is 13.5. The molecular formula is C13H17F3N4. The van der Waals surface area contributed by atoms with Crippen LogP contribution < -0.4 is 9.80 Å². The average Bonchev–Trinajstić information content (AvgIpc) is 3.10. The number of anilines is 2. The molecule has 0 atom stereocenters. The van der Waals surface area contributed by atoms with Crippen LogP contribution in [0.1, 0.15) is 31.4 Å². The van der Waals surface area contributed by atoms with E-state index in [1.54, 1.807) is 0 Å². The van der Waals surface area contributed by atoms with Gasteiger partial charge in [0.25, 0.3) is 0 Å². The fraction of sp³-hybridized carbons (Fsp3) is 0.692. The van der Waals surface area contributed by atoms with Crippen molar-refractivity contribution in [2.24, 2.45) is 0 Å². The molecule has 3 heterocycles. The van der Waals surface area contributed by atoms with Crippen LogP contribution in [0, 0.1) is 0 Å². The van der Waals surface area contributed by atoms with Gasteiger partial charge in [0.15, 0.2) is 5.69 Å². The first-order valence-electron chi connectivity index (χ1n) is 7.00. The number of hydrogen-bond donors (Lipinski definition) is 0. The molecule has 0 saturated carbocycles. The highest BCUT2D eigenvalue weighted by molar-refractivity contribution is 5.47. The Hall–Kier alpha value is -1.53. The maximum Gasteiger partial charge on any atom is 0.433 e. The summed E-state index contributed by atoms with van der Waals surface area (Å²) in [6.45, 7) is 3.02. The second-order valence-corrected chi connectivity index (χ2v) is 5.30. The van der Waals surface area contributed by atoms with Crippen molar-refractivity contribution in [3.05, 3.63) is 11.8 Å². The molecule has 20 heavy (non-hydrogen) atoms. The highest BCUT2D eigenvalue weighted by Gasteiger charge is 2.35. The van der Waals surface area contributed by atoms with E-state index in [4.69, 9.17) is 0 Å². The quantitative estimate of drug-likeness (QED) is 0.836. The van der Waals surface area contributed by atoms with E-state index in [0.29, 0.717) is 5.82 Å². The minimum atomic E-state index is -4.42. The molecule has 0 aromatic carbocycles. The van der Waals surface area contributed by atoms with Gasteiger partial charge in [0, 0.05) is 32.2 Å². The lowest BCUT2D eigenvalue weighted by molar-refractivity contribution is -0.141. The summed E-state index contributed by atoms with van der Waals surface area (Å²) in [5.41, 5.74) is -0.837. The van der Waals surface area contributed by atoms with E-state index in [9.17, 15) is 13.2 Å². The minimum Gasteiger partial charge on any atom is -0.356 e. The van der Waals surface area contributed by atoms with Gasteiger partial charge < -0.3 is 9.80 Å². The Labute approximate surface area is 115 Å². The van der Waals surface area contributed by atoms with Crippen LogP contribution in [0.3, 0.4) is 0 Å². The Morgan fingerprint density at radius 1 is 0.850 bits per heavy atom. The van der Waals surface area contributed by atoms with Gasteiger partial charge in [-0.05, 0) is 25.7 Å². The topological polar surface area (TPSA) is 32.3 Å². The van der Waals surface area contributed by atoms with Crippen molar-refractivity contribution in [2.45, 2.75) is 31.9 Å². The zero-order chi connectivity index (χ0) is 14.2. The smallest absolute Gasteiger partial charge is 0.356 e. The van der Waals surface area contributed by atoms with E-state index < -0.39 is 11.9 Å². The number of alkyl halides is 3. The second-order valence-electron chi connectivity index (χ2n) is 5.30. The summed E-state index contributed by atoms with van der Waals surface area (Å²) in [5, 5.41) is 0. The Balaban J connectivity index is 1.98. The summed E-state index contributed by atoms with van der Waals surface area (Å²) in [6, 6.07) is 1.07. The third-order valence-corrected chi connectivity index (χ3v) is 3.81. The van der Waals surface area contributed by atoms with E-state index in [1.807, 2.05) is 9.80 Å². The minimum absolute atomic E-state index is 0.222. The fourth-order valence-corrected chi connectivity index (χ4v) is 2.73. The van der Waals surface area contributed by atoms with Crippen molar-refractivity contribution >= 4 is 11.8 Å². The molecule has 0 amide bonds. The molecule has 1 aromatic heterocycles. The van der Waals surface area contributed by atoms with Crippen LogP contribution >= 0.6 is 0 Å². The van der Waals surface area contributed by atoms with E-state index in [1.165, 1.54) is 0 Å². The first-order valence-corrected chi connectivity index (χ1v) is 7.00. The first-order chi connectivity index (χ1) is 9.54. The summed E-state index contributed by atoms with van der Waals surface area (Å²) >= 11 is 0. The van der Waals surface area contributed by atoms with Gasteiger partial charge in [0.2, 0.25) is 5.95 Å². The Bertz CT molecular complexity index is 443. The molecule has 3 rings (SSSR count).